The van der Waals surface area contributed by atoms with Crippen molar-refractivity contribution < 1.29 is 66.4 Å². The first kappa shape index (κ1) is 68.7. The molecule has 0 aromatic heterocycles. The van der Waals surface area contributed by atoms with Crippen LogP contribution in [-0.2, 0) is 78.3 Å². The van der Waals surface area contributed by atoms with Gasteiger partial charge in [0.25, 0.3) is 0 Å². The molecule has 0 saturated heterocycles. The van der Waals surface area contributed by atoms with Crippen LogP contribution in [0.1, 0.15) is 104 Å². The first-order valence-corrected chi connectivity index (χ1v) is 34.8. The molecule has 14 rings (SSSR count). The van der Waals surface area contributed by atoms with E-state index in [0.29, 0.717) is 85.3 Å². The molecule has 5 atom stereocenters. The van der Waals surface area contributed by atoms with E-state index >= 15 is 0 Å². The zero-order valence-electron chi connectivity index (χ0n) is 57.8. The predicted molar refractivity (Wildman–Crippen MR) is 395 cm³/mol. The van der Waals surface area contributed by atoms with Crippen LogP contribution in [0.5, 0.6) is 57.5 Å². The highest BCUT2D eigenvalue weighted by Crippen LogP contribution is 2.59. The third-order valence-corrected chi connectivity index (χ3v) is 18.0. The number of esters is 2. The molecule has 522 valence electrons. The molecule has 0 saturated carbocycles. The summed E-state index contributed by atoms with van der Waals surface area (Å²) in [5.74, 6) is 1.72. The van der Waals surface area contributed by atoms with Crippen LogP contribution in [0.3, 0.4) is 0 Å². The molecule has 2 heterocycles. The van der Waals surface area contributed by atoms with Crippen molar-refractivity contribution in [1.82, 2.24) is 0 Å². The van der Waals surface area contributed by atoms with E-state index < -0.39 is 42.3 Å². The fourth-order valence-corrected chi connectivity index (χ4v) is 13.0. The lowest BCUT2D eigenvalue weighted by atomic mass is 9.77. The van der Waals surface area contributed by atoms with Crippen LogP contribution in [0.2, 0.25) is 0 Å². The minimum absolute atomic E-state index is 0.0655. The minimum Gasteiger partial charge on any atom is -0.489 e. The number of carbonyl (C=O) groups excluding carboxylic acids is 2. The van der Waals surface area contributed by atoms with Gasteiger partial charge in [-0.15, -0.1) is 0 Å². The molecule has 0 fully saturated rings. The second kappa shape index (κ2) is 33.4. The zero-order chi connectivity index (χ0) is 70.8. The van der Waals surface area contributed by atoms with Gasteiger partial charge in [0.2, 0.25) is 0 Å². The monoisotopic (exact) mass is 1380 g/mol. The Hall–Kier alpha value is -12.4. The van der Waals surface area contributed by atoms with Crippen LogP contribution in [0.4, 0.5) is 0 Å². The second-order valence-corrected chi connectivity index (χ2v) is 25.5. The Morgan fingerprint density at radius 2 is 0.654 bits per heavy atom. The Balaban J connectivity index is 1.00. The molecule has 0 spiro atoms. The number of ether oxygens (including phenoxy) is 12. The van der Waals surface area contributed by atoms with Gasteiger partial charge in [0.1, 0.15) is 93.5 Å². The molecule has 12 aromatic rings. The summed E-state index contributed by atoms with van der Waals surface area (Å²) in [5, 5.41) is 0. The van der Waals surface area contributed by atoms with Crippen molar-refractivity contribution in [3.63, 3.8) is 0 Å². The van der Waals surface area contributed by atoms with E-state index in [9.17, 15) is 9.59 Å². The van der Waals surface area contributed by atoms with Gasteiger partial charge in [0, 0.05) is 66.3 Å². The van der Waals surface area contributed by atoms with Crippen LogP contribution >= 0.6 is 0 Å². The number of rotatable bonds is 29. The van der Waals surface area contributed by atoms with Gasteiger partial charge in [-0.25, -0.2) is 0 Å². The van der Waals surface area contributed by atoms with Crippen LogP contribution in [-0.4, -0.2) is 24.1 Å². The topological polar surface area (TPSA) is 145 Å². The summed E-state index contributed by atoms with van der Waals surface area (Å²) >= 11 is 0. The SMILES string of the molecule is CC(=O)O[C@H]1[C@H](c2c(OCc3ccccc3)cc(OCc3ccccc3)c3c2O[C@H](c2ccc(OCc4ccccc4)c(OCc4ccccc4)c2)[C@@H](OC(C)=O)C3)c2c(OCc3ccccc3)cc(OCc3ccccc3)cc2O[C@@H]1c1ccc(OCc2ccccc2)c(OCc2ccccc2)c1. The highest BCUT2D eigenvalue weighted by Gasteiger charge is 2.50. The minimum atomic E-state index is -1.26. The largest absolute Gasteiger partial charge is 0.489 e. The van der Waals surface area contributed by atoms with Crippen molar-refractivity contribution in [1.29, 1.82) is 0 Å². The van der Waals surface area contributed by atoms with Gasteiger partial charge >= 0.3 is 11.9 Å². The molecular formula is C90H78O14. The number of fused-ring (bicyclic) bond motifs is 2. The highest BCUT2D eigenvalue weighted by molar-refractivity contribution is 5.71. The van der Waals surface area contributed by atoms with Gasteiger partial charge in [-0.05, 0) is 68.8 Å². The molecular weight excluding hydrogens is 1300 g/mol. The quantitative estimate of drug-likeness (QED) is 0.0410. The summed E-state index contributed by atoms with van der Waals surface area (Å²) in [4.78, 5) is 28.4. The number of hydrogen-bond acceptors (Lipinski definition) is 14. The van der Waals surface area contributed by atoms with Crippen molar-refractivity contribution in [2.45, 2.75) is 103 Å². The maximum Gasteiger partial charge on any atom is 0.303 e. The maximum atomic E-state index is 14.6. The fraction of sp³-hybridized carbons (Fsp3) is 0.178. The lowest BCUT2D eigenvalue weighted by molar-refractivity contribution is -0.154. The van der Waals surface area contributed by atoms with Gasteiger partial charge in [-0.2, -0.15) is 0 Å². The summed E-state index contributed by atoms with van der Waals surface area (Å²) in [5.41, 5.74) is 10.0. The molecule has 14 heteroatoms. The second-order valence-electron chi connectivity index (χ2n) is 25.5. The van der Waals surface area contributed by atoms with Crippen LogP contribution in [0.15, 0.2) is 297 Å². The van der Waals surface area contributed by atoms with Gasteiger partial charge in [-0.3, -0.25) is 9.59 Å². The Labute approximate surface area is 605 Å². The van der Waals surface area contributed by atoms with Crippen molar-refractivity contribution in [3.05, 3.63) is 370 Å². The molecule has 0 unspecified atom stereocenters. The van der Waals surface area contributed by atoms with Crippen molar-refractivity contribution >= 4 is 11.9 Å². The summed E-state index contributed by atoms with van der Waals surface area (Å²) in [7, 11) is 0. The molecule has 14 nitrogen and oxygen atoms in total. The maximum absolute atomic E-state index is 14.6. The average molecular weight is 1380 g/mol. The summed E-state index contributed by atoms with van der Waals surface area (Å²) in [6, 6.07) is 95.9. The summed E-state index contributed by atoms with van der Waals surface area (Å²) in [6.45, 7) is 4.22. The number of hydrogen-bond donors (Lipinski definition) is 0. The van der Waals surface area contributed by atoms with E-state index in [4.69, 9.17) is 56.8 Å². The molecule has 2 aliphatic rings. The van der Waals surface area contributed by atoms with Crippen LogP contribution in [0, 0.1) is 0 Å². The van der Waals surface area contributed by atoms with Crippen LogP contribution < -0.4 is 47.4 Å². The molecule has 0 bridgehead atoms. The van der Waals surface area contributed by atoms with E-state index in [-0.39, 0.29) is 59.3 Å². The Morgan fingerprint density at radius 1 is 0.317 bits per heavy atom. The Bertz CT molecular complexity index is 4800. The first-order chi connectivity index (χ1) is 51.2. The standard InChI is InChI=1S/C90H78O14/c1-61(91)101-83-51-74-77(96-56-66-33-17-6-18-34-66)52-81(100-60-70-41-25-10-26-42-70)85(89(74)104-87(83)71-43-45-75(94-54-64-29-13-4-14-30-64)78(47-71)97-57-67-35-19-7-20-36-67)86-84-80(99-59-69-39-23-9-24-40-69)49-73(93-53-63-27-11-3-12-28-63)50-82(84)103-88(90(86)102-62(2)92)72-44-46-76(95-55-65-31-15-5-16-32-65)79(48-72)98-58-68-37-21-8-22-38-68/h3-50,52,83,86-88,90H,51,53-60H2,1-2H3/t83-,86-,87+,88+,90-/m0/s1. The average Bonchev–Trinajstić information content (AvgIpc) is 0.719. The summed E-state index contributed by atoms with van der Waals surface area (Å²) in [6.07, 6.45) is -4.34. The molecule has 0 amide bonds. The van der Waals surface area contributed by atoms with E-state index in [0.717, 1.165) is 44.5 Å². The van der Waals surface area contributed by atoms with E-state index in [1.807, 2.05) is 297 Å². The van der Waals surface area contributed by atoms with E-state index in [2.05, 4.69) is 0 Å². The van der Waals surface area contributed by atoms with Crippen molar-refractivity contribution in [2.24, 2.45) is 0 Å². The third-order valence-electron chi connectivity index (χ3n) is 18.0. The van der Waals surface area contributed by atoms with Gasteiger partial charge in [0.05, 0.1) is 5.92 Å². The molecule has 0 aliphatic carbocycles. The smallest absolute Gasteiger partial charge is 0.303 e. The van der Waals surface area contributed by atoms with Gasteiger partial charge < -0.3 is 56.8 Å². The molecule has 2 aliphatic heterocycles. The molecule has 104 heavy (non-hydrogen) atoms. The van der Waals surface area contributed by atoms with Gasteiger partial charge in [-0.1, -0.05) is 255 Å². The van der Waals surface area contributed by atoms with Crippen molar-refractivity contribution in [3.8, 4) is 57.5 Å². The van der Waals surface area contributed by atoms with E-state index in [1.165, 1.54) is 13.8 Å². The highest BCUT2D eigenvalue weighted by atomic mass is 16.6. The lowest BCUT2D eigenvalue weighted by Gasteiger charge is -2.43. The summed E-state index contributed by atoms with van der Waals surface area (Å²) < 4.78 is 83.9. The zero-order valence-corrected chi connectivity index (χ0v) is 57.8. The molecule has 12 aromatic carbocycles. The Morgan fingerprint density at radius 3 is 1.04 bits per heavy atom. The van der Waals surface area contributed by atoms with E-state index in [1.54, 1.807) is 0 Å². The lowest BCUT2D eigenvalue weighted by Crippen LogP contribution is -2.40. The predicted octanol–water partition coefficient (Wildman–Crippen LogP) is 19.1. The first-order valence-electron chi connectivity index (χ1n) is 34.8. The molecule has 0 radical (unpaired) electrons. The number of carbonyl (C=O) groups is 2. The fourth-order valence-electron chi connectivity index (χ4n) is 13.0. The van der Waals surface area contributed by atoms with Crippen LogP contribution in [0.25, 0.3) is 0 Å². The Kier molecular flexibility index (Phi) is 22.0. The van der Waals surface area contributed by atoms with Gasteiger partial charge in [0.15, 0.2) is 41.3 Å². The third kappa shape index (κ3) is 17.3. The van der Waals surface area contributed by atoms with Crippen molar-refractivity contribution in [2.75, 3.05) is 0 Å². The number of benzene rings is 12. The normalized spacial score (nSPS) is 15.6. The molecule has 0 N–H and O–H groups in total.